The lowest BCUT2D eigenvalue weighted by Crippen LogP contribution is -2.72. The van der Waals surface area contributed by atoms with Gasteiger partial charge in [0.15, 0.2) is 0 Å². The summed E-state index contributed by atoms with van der Waals surface area (Å²) in [6.07, 6.45) is 5.64. The third-order valence-corrected chi connectivity index (χ3v) is 8.10. The Morgan fingerprint density at radius 3 is 2.66 bits per heavy atom. The van der Waals surface area contributed by atoms with Gasteiger partial charge in [0.1, 0.15) is 0 Å². The minimum atomic E-state index is -3.42. The number of likely N-dealkylation sites (tertiary alicyclic amines) is 1. The maximum atomic E-state index is 12.9. The van der Waals surface area contributed by atoms with Crippen LogP contribution in [0.1, 0.15) is 24.0 Å². The Kier molecular flexibility index (Phi) is 5.75. The van der Waals surface area contributed by atoms with Gasteiger partial charge in [0.2, 0.25) is 10.0 Å². The molecule has 1 aromatic heterocycles. The summed E-state index contributed by atoms with van der Waals surface area (Å²) >= 11 is 0. The molecule has 0 aliphatic carbocycles. The molecule has 3 heterocycles. The molecule has 1 spiro atoms. The zero-order chi connectivity index (χ0) is 20.5. The summed E-state index contributed by atoms with van der Waals surface area (Å²) in [4.78, 5) is 6.84. The quantitative estimate of drug-likeness (QED) is 0.726. The lowest BCUT2D eigenvalue weighted by Gasteiger charge is -2.57. The van der Waals surface area contributed by atoms with E-state index < -0.39 is 10.0 Å². The van der Waals surface area contributed by atoms with E-state index in [1.807, 2.05) is 37.4 Å². The Labute approximate surface area is 173 Å². The minimum Gasteiger partial charge on any atom is -0.376 e. The van der Waals surface area contributed by atoms with Crippen LogP contribution in [0.5, 0.6) is 0 Å². The first-order chi connectivity index (χ1) is 13.9. The number of benzene rings is 1. The molecule has 156 valence electrons. The molecule has 0 radical (unpaired) electrons. The molecule has 1 atom stereocenters. The number of pyridine rings is 1. The Hall–Kier alpha value is -1.80. The van der Waals surface area contributed by atoms with Crippen molar-refractivity contribution in [2.45, 2.75) is 36.8 Å². The molecule has 2 aliphatic heterocycles. The Morgan fingerprint density at radius 2 is 1.97 bits per heavy atom. The predicted octanol–water partition coefficient (Wildman–Crippen LogP) is 2.69. The molecular formula is C22H29N3O3S. The number of hydrogen-bond donors (Lipinski definition) is 0. The van der Waals surface area contributed by atoms with Crippen molar-refractivity contribution in [3.8, 4) is 0 Å². The van der Waals surface area contributed by atoms with E-state index in [2.05, 4.69) is 16.9 Å². The van der Waals surface area contributed by atoms with Crippen molar-refractivity contribution in [2.24, 2.45) is 5.92 Å². The third-order valence-electron chi connectivity index (χ3n) is 6.30. The van der Waals surface area contributed by atoms with Crippen LogP contribution in [0.15, 0.2) is 53.7 Å². The highest BCUT2D eigenvalue weighted by Crippen LogP contribution is 2.40. The summed E-state index contributed by atoms with van der Waals surface area (Å²) < 4.78 is 33.4. The molecule has 7 heteroatoms. The summed E-state index contributed by atoms with van der Waals surface area (Å²) in [5.41, 5.74) is 2.07. The van der Waals surface area contributed by atoms with Crippen molar-refractivity contribution in [1.29, 1.82) is 0 Å². The first-order valence-corrected chi connectivity index (χ1v) is 11.6. The van der Waals surface area contributed by atoms with Crippen LogP contribution in [0.25, 0.3) is 0 Å². The molecule has 4 rings (SSSR count). The largest absolute Gasteiger partial charge is 0.376 e. The third kappa shape index (κ3) is 4.23. The van der Waals surface area contributed by atoms with Gasteiger partial charge in [-0.05, 0) is 63.0 Å². The fraction of sp³-hybridized carbons (Fsp3) is 0.500. The number of sulfonamides is 1. The zero-order valence-corrected chi connectivity index (χ0v) is 17.9. The maximum Gasteiger partial charge on any atom is 0.243 e. The number of hydrogen-bond acceptors (Lipinski definition) is 5. The van der Waals surface area contributed by atoms with E-state index in [1.165, 1.54) is 0 Å². The average Bonchev–Trinajstić information content (AvgIpc) is 2.68. The van der Waals surface area contributed by atoms with Crippen LogP contribution in [-0.2, 0) is 21.4 Å². The van der Waals surface area contributed by atoms with Crippen molar-refractivity contribution in [2.75, 3.05) is 33.3 Å². The number of aryl methyl sites for hydroxylation is 1. The highest BCUT2D eigenvalue weighted by molar-refractivity contribution is 7.89. The van der Waals surface area contributed by atoms with Gasteiger partial charge in [-0.2, -0.15) is 4.31 Å². The van der Waals surface area contributed by atoms with Gasteiger partial charge >= 0.3 is 0 Å². The molecule has 1 aromatic carbocycles. The minimum absolute atomic E-state index is 0.0711. The molecular weight excluding hydrogens is 386 g/mol. The Bertz CT molecular complexity index is 926. The van der Waals surface area contributed by atoms with E-state index in [0.717, 1.165) is 30.5 Å². The van der Waals surface area contributed by atoms with Crippen LogP contribution in [0, 0.1) is 12.8 Å². The van der Waals surface area contributed by atoms with E-state index in [1.54, 1.807) is 22.6 Å². The summed E-state index contributed by atoms with van der Waals surface area (Å²) in [5.74, 6) is 0.451. The second kappa shape index (κ2) is 8.14. The van der Waals surface area contributed by atoms with Crippen LogP contribution >= 0.6 is 0 Å². The first kappa shape index (κ1) is 20.5. The normalized spacial score (nSPS) is 22.5. The molecule has 2 saturated heterocycles. The van der Waals surface area contributed by atoms with Crippen LogP contribution in [-0.4, -0.2) is 61.4 Å². The van der Waals surface area contributed by atoms with Crippen LogP contribution in [0.2, 0.25) is 0 Å². The standard InChI is InChI=1S/C22H29N3O3S/c1-18-5-7-21(8-6-18)29(26,27)25-16-22(17-25)12-19(9-11-24(22)2)14-28-15-20-4-3-10-23-13-20/h3-8,10,13,19H,9,11-12,14-17H2,1-2H3/t19-/m0/s1. The second-order valence-corrected chi connectivity index (χ2v) is 10.4. The Morgan fingerprint density at radius 1 is 1.21 bits per heavy atom. The molecule has 0 amide bonds. The fourth-order valence-corrected chi connectivity index (χ4v) is 5.99. The molecule has 29 heavy (non-hydrogen) atoms. The molecule has 2 aromatic rings. The smallest absolute Gasteiger partial charge is 0.243 e. The summed E-state index contributed by atoms with van der Waals surface area (Å²) in [6, 6.07) is 11.0. The monoisotopic (exact) mass is 415 g/mol. The highest BCUT2D eigenvalue weighted by Gasteiger charge is 2.53. The van der Waals surface area contributed by atoms with Crippen molar-refractivity contribution in [1.82, 2.24) is 14.2 Å². The fourth-order valence-electron chi connectivity index (χ4n) is 4.39. The first-order valence-electron chi connectivity index (χ1n) is 10.1. The van der Waals surface area contributed by atoms with Crippen LogP contribution in [0.3, 0.4) is 0 Å². The zero-order valence-electron chi connectivity index (χ0n) is 17.1. The SMILES string of the molecule is Cc1ccc(S(=O)(=O)N2CC3(C[C@@H](COCc4cccnc4)CCN3C)C2)cc1. The van der Waals surface area contributed by atoms with Gasteiger partial charge in [-0.1, -0.05) is 23.8 Å². The van der Waals surface area contributed by atoms with E-state index >= 15 is 0 Å². The lowest BCUT2D eigenvalue weighted by atomic mass is 9.77. The van der Waals surface area contributed by atoms with Gasteiger partial charge in [-0.3, -0.25) is 9.88 Å². The summed E-state index contributed by atoms with van der Waals surface area (Å²) in [7, 11) is -1.31. The average molecular weight is 416 g/mol. The molecule has 2 fully saturated rings. The maximum absolute atomic E-state index is 12.9. The Balaban J connectivity index is 1.35. The van der Waals surface area contributed by atoms with Crippen molar-refractivity contribution < 1.29 is 13.2 Å². The number of rotatable bonds is 6. The van der Waals surface area contributed by atoms with Crippen molar-refractivity contribution in [3.05, 3.63) is 59.9 Å². The molecule has 2 aliphatic rings. The van der Waals surface area contributed by atoms with E-state index in [4.69, 9.17) is 4.74 Å². The van der Waals surface area contributed by atoms with Crippen LogP contribution in [0.4, 0.5) is 0 Å². The molecule has 0 bridgehead atoms. The van der Waals surface area contributed by atoms with E-state index in [0.29, 0.717) is 37.1 Å². The molecule has 0 saturated carbocycles. The number of aromatic nitrogens is 1. The molecule has 0 N–H and O–H groups in total. The van der Waals surface area contributed by atoms with Crippen molar-refractivity contribution in [3.63, 3.8) is 0 Å². The number of likely N-dealkylation sites (N-methyl/N-ethyl adjacent to an activating group) is 1. The molecule has 0 unspecified atom stereocenters. The topological polar surface area (TPSA) is 62.7 Å². The number of nitrogens with zero attached hydrogens (tertiary/aromatic N) is 3. The van der Waals surface area contributed by atoms with Gasteiger partial charge in [0, 0.05) is 37.6 Å². The highest BCUT2D eigenvalue weighted by atomic mass is 32.2. The predicted molar refractivity (Wildman–Crippen MR) is 112 cm³/mol. The summed E-state index contributed by atoms with van der Waals surface area (Å²) in [5, 5.41) is 0. The van der Waals surface area contributed by atoms with Gasteiger partial charge < -0.3 is 4.74 Å². The van der Waals surface area contributed by atoms with E-state index in [-0.39, 0.29) is 5.54 Å². The number of piperidine rings is 1. The molecule has 6 nitrogen and oxygen atoms in total. The van der Waals surface area contributed by atoms with Gasteiger partial charge in [-0.15, -0.1) is 0 Å². The number of ether oxygens (including phenoxy) is 1. The summed E-state index contributed by atoms with van der Waals surface area (Å²) in [6.45, 7) is 5.32. The van der Waals surface area contributed by atoms with Gasteiger partial charge in [-0.25, -0.2) is 8.42 Å². The van der Waals surface area contributed by atoms with Gasteiger partial charge in [0.25, 0.3) is 0 Å². The van der Waals surface area contributed by atoms with E-state index in [9.17, 15) is 8.42 Å². The lowest BCUT2D eigenvalue weighted by molar-refractivity contribution is -0.0600. The van der Waals surface area contributed by atoms with Gasteiger partial charge in [0.05, 0.1) is 11.5 Å². The van der Waals surface area contributed by atoms with Crippen LogP contribution < -0.4 is 0 Å². The second-order valence-electron chi connectivity index (χ2n) is 8.47. The van der Waals surface area contributed by atoms with Crippen molar-refractivity contribution >= 4 is 10.0 Å².